The van der Waals surface area contributed by atoms with E-state index in [1.165, 1.54) is 0 Å². The molecule has 0 bridgehead atoms. The number of hydrogen-bond acceptors (Lipinski definition) is 3. The number of aliphatic carboxylic acids is 2. The van der Waals surface area contributed by atoms with E-state index in [4.69, 9.17) is 10.8 Å². The van der Waals surface area contributed by atoms with E-state index < -0.39 is 29.3 Å². The summed E-state index contributed by atoms with van der Waals surface area (Å²) in [5.74, 6) is -3.30. The lowest BCUT2D eigenvalue weighted by Crippen LogP contribution is -2.55. The highest BCUT2D eigenvalue weighted by atomic mass is 16.4. The zero-order valence-electron chi connectivity index (χ0n) is 11.8. The fourth-order valence-corrected chi connectivity index (χ4v) is 4.14. The van der Waals surface area contributed by atoms with Gasteiger partial charge in [-0.25, -0.2) is 0 Å². The first kappa shape index (κ1) is 14.1. The minimum atomic E-state index is -1.42. The van der Waals surface area contributed by atoms with Gasteiger partial charge in [-0.3, -0.25) is 9.59 Å². The van der Waals surface area contributed by atoms with Crippen molar-refractivity contribution < 1.29 is 19.8 Å². The van der Waals surface area contributed by atoms with E-state index in [0.717, 1.165) is 11.1 Å². The first-order valence-corrected chi connectivity index (χ1v) is 7.16. The van der Waals surface area contributed by atoms with Gasteiger partial charge in [0, 0.05) is 5.92 Å². The highest BCUT2D eigenvalue weighted by molar-refractivity contribution is 5.85. The van der Waals surface area contributed by atoms with Gasteiger partial charge in [-0.2, -0.15) is 0 Å². The van der Waals surface area contributed by atoms with Gasteiger partial charge in [0.1, 0.15) is 5.54 Å². The van der Waals surface area contributed by atoms with Gasteiger partial charge in [0.2, 0.25) is 0 Å². The summed E-state index contributed by atoms with van der Waals surface area (Å²) >= 11 is 0. The predicted octanol–water partition coefficient (Wildman–Crippen LogP) is 1.29. The zero-order chi connectivity index (χ0) is 15.4. The van der Waals surface area contributed by atoms with Crippen LogP contribution in [0.2, 0.25) is 0 Å². The second-order valence-electron chi connectivity index (χ2n) is 6.42. The Balaban J connectivity index is 1.84. The van der Waals surface area contributed by atoms with E-state index in [1.807, 2.05) is 31.2 Å². The molecule has 0 heterocycles. The SMILES string of the molecule is Cc1cccc(C[C@@H]2C[C@H]3[C@H](C(=O)O)[C@H]3[C@]2(N)C(=O)O)c1. The van der Waals surface area contributed by atoms with Crippen LogP contribution in [0.5, 0.6) is 0 Å². The fourth-order valence-electron chi connectivity index (χ4n) is 4.14. The second-order valence-corrected chi connectivity index (χ2v) is 6.42. The van der Waals surface area contributed by atoms with E-state index in [2.05, 4.69) is 0 Å². The predicted molar refractivity (Wildman–Crippen MR) is 75.7 cm³/mol. The fraction of sp³-hybridized carbons (Fsp3) is 0.500. The molecule has 2 aliphatic rings. The van der Waals surface area contributed by atoms with E-state index in [9.17, 15) is 14.7 Å². The molecule has 2 aliphatic carbocycles. The summed E-state index contributed by atoms with van der Waals surface area (Å²) in [7, 11) is 0. The number of fused-ring (bicyclic) bond motifs is 1. The third kappa shape index (κ3) is 2.03. The monoisotopic (exact) mass is 289 g/mol. The summed E-state index contributed by atoms with van der Waals surface area (Å²) in [6.07, 6.45) is 1.17. The molecule has 1 aromatic rings. The molecule has 0 radical (unpaired) electrons. The smallest absolute Gasteiger partial charge is 0.324 e. The number of nitrogens with two attached hydrogens (primary N) is 1. The van der Waals surface area contributed by atoms with Crippen molar-refractivity contribution in [1.82, 2.24) is 0 Å². The van der Waals surface area contributed by atoms with Crippen LogP contribution in [-0.2, 0) is 16.0 Å². The summed E-state index contributed by atoms with van der Waals surface area (Å²) < 4.78 is 0. The van der Waals surface area contributed by atoms with Crippen molar-refractivity contribution >= 4 is 11.9 Å². The van der Waals surface area contributed by atoms with Crippen molar-refractivity contribution in [2.24, 2.45) is 29.4 Å². The Hall–Kier alpha value is -1.88. The molecule has 0 spiro atoms. The Bertz CT molecular complexity index is 614. The minimum Gasteiger partial charge on any atom is -0.481 e. The van der Waals surface area contributed by atoms with Gasteiger partial charge >= 0.3 is 11.9 Å². The molecule has 0 aromatic heterocycles. The van der Waals surface area contributed by atoms with Gasteiger partial charge in [-0.05, 0) is 37.2 Å². The van der Waals surface area contributed by atoms with Crippen LogP contribution in [0.3, 0.4) is 0 Å². The maximum Gasteiger partial charge on any atom is 0.324 e. The van der Waals surface area contributed by atoms with Crippen LogP contribution in [0.4, 0.5) is 0 Å². The number of aryl methyl sites for hydroxylation is 1. The molecule has 0 unspecified atom stereocenters. The molecule has 5 atom stereocenters. The molecular weight excluding hydrogens is 270 g/mol. The lowest BCUT2D eigenvalue weighted by atomic mass is 9.78. The molecule has 0 aliphatic heterocycles. The average Bonchev–Trinajstić information content (AvgIpc) is 3.04. The molecule has 2 fully saturated rings. The molecule has 3 rings (SSSR count). The highest BCUT2D eigenvalue weighted by Crippen LogP contribution is 2.64. The van der Waals surface area contributed by atoms with Crippen LogP contribution in [-0.4, -0.2) is 27.7 Å². The molecule has 2 saturated carbocycles. The van der Waals surface area contributed by atoms with Gasteiger partial charge < -0.3 is 15.9 Å². The first-order valence-electron chi connectivity index (χ1n) is 7.16. The molecule has 1 aromatic carbocycles. The summed E-state index contributed by atoms with van der Waals surface area (Å²) in [5, 5.41) is 18.7. The molecule has 0 saturated heterocycles. The second kappa shape index (κ2) is 4.56. The number of carboxylic acids is 2. The van der Waals surface area contributed by atoms with E-state index in [-0.39, 0.29) is 11.8 Å². The molecule has 0 amide bonds. The largest absolute Gasteiger partial charge is 0.481 e. The van der Waals surface area contributed by atoms with E-state index in [0.29, 0.717) is 12.8 Å². The average molecular weight is 289 g/mol. The first-order chi connectivity index (χ1) is 9.85. The van der Waals surface area contributed by atoms with Crippen LogP contribution in [0.1, 0.15) is 17.5 Å². The quantitative estimate of drug-likeness (QED) is 0.775. The third-order valence-electron chi connectivity index (χ3n) is 5.17. The summed E-state index contributed by atoms with van der Waals surface area (Å²) in [5.41, 5.74) is 6.95. The number of hydrogen-bond donors (Lipinski definition) is 3. The van der Waals surface area contributed by atoms with Crippen LogP contribution >= 0.6 is 0 Å². The zero-order valence-corrected chi connectivity index (χ0v) is 11.8. The Morgan fingerprint density at radius 1 is 1.38 bits per heavy atom. The Labute approximate surface area is 122 Å². The highest BCUT2D eigenvalue weighted by Gasteiger charge is 2.73. The van der Waals surface area contributed by atoms with Crippen LogP contribution in [0.15, 0.2) is 24.3 Å². The van der Waals surface area contributed by atoms with Crippen LogP contribution in [0, 0.1) is 30.6 Å². The van der Waals surface area contributed by atoms with Gasteiger partial charge in [0.25, 0.3) is 0 Å². The van der Waals surface area contributed by atoms with Crippen molar-refractivity contribution in [1.29, 1.82) is 0 Å². The molecule has 5 heteroatoms. The number of rotatable bonds is 4. The summed E-state index contributed by atoms with van der Waals surface area (Å²) in [6.45, 7) is 1.99. The van der Waals surface area contributed by atoms with Crippen molar-refractivity contribution in [2.45, 2.75) is 25.3 Å². The minimum absolute atomic E-state index is 0.0848. The number of benzene rings is 1. The summed E-state index contributed by atoms with van der Waals surface area (Å²) in [6, 6.07) is 7.93. The maximum atomic E-state index is 11.7. The molecule has 112 valence electrons. The van der Waals surface area contributed by atoms with Gasteiger partial charge in [0.05, 0.1) is 5.92 Å². The Morgan fingerprint density at radius 2 is 2.10 bits per heavy atom. The van der Waals surface area contributed by atoms with Crippen molar-refractivity contribution in [2.75, 3.05) is 0 Å². The van der Waals surface area contributed by atoms with Crippen molar-refractivity contribution in [3.05, 3.63) is 35.4 Å². The lowest BCUT2D eigenvalue weighted by molar-refractivity contribution is -0.147. The van der Waals surface area contributed by atoms with Crippen molar-refractivity contribution in [3.8, 4) is 0 Å². The standard InChI is InChI=1S/C16H19NO4/c1-8-3-2-4-9(5-8)6-10-7-11-12(14(18)19)13(11)16(10,17)15(20)21/h2-5,10-13H,6-7,17H2,1H3,(H,18,19)(H,20,21)/t10-,11+,12+,13+,16+/m1/s1. The maximum absolute atomic E-state index is 11.7. The number of carboxylic acid groups (broad SMARTS) is 2. The van der Waals surface area contributed by atoms with E-state index >= 15 is 0 Å². The number of carbonyl (C=O) groups is 2. The topological polar surface area (TPSA) is 101 Å². The van der Waals surface area contributed by atoms with E-state index in [1.54, 1.807) is 0 Å². The third-order valence-corrected chi connectivity index (χ3v) is 5.17. The summed E-state index contributed by atoms with van der Waals surface area (Å²) in [4.78, 5) is 22.8. The van der Waals surface area contributed by atoms with Crippen LogP contribution in [0.25, 0.3) is 0 Å². The van der Waals surface area contributed by atoms with Gasteiger partial charge in [-0.15, -0.1) is 0 Å². The van der Waals surface area contributed by atoms with Crippen LogP contribution < -0.4 is 5.73 Å². The van der Waals surface area contributed by atoms with Crippen molar-refractivity contribution in [3.63, 3.8) is 0 Å². The molecule has 4 N–H and O–H groups in total. The molecule has 21 heavy (non-hydrogen) atoms. The Morgan fingerprint density at radius 3 is 2.67 bits per heavy atom. The molecular formula is C16H19NO4. The normalized spacial score (nSPS) is 37.0. The molecule has 5 nitrogen and oxygen atoms in total. The van der Waals surface area contributed by atoms with Gasteiger partial charge in [-0.1, -0.05) is 29.8 Å². The van der Waals surface area contributed by atoms with Gasteiger partial charge in [0.15, 0.2) is 0 Å². The lowest BCUT2D eigenvalue weighted by Gasteiger charge is -2.31. The Kier molecular flexibility index (Phi) is 3.06.